The van der Waals surface area contributed by atoms with Crippen LogP contribution in [-0.2, 0) is 4.79 Å². The van der Waals surface area contributed by atoms with Crippen molar-refractivity contribution < 1.29 is 14.3 Å². The van der Waals surface area contributed by atoms with Crippen LogP contribution in [0.2, 0.25) is 10.0 Å². The lowest BCUT2D eigenvalue weighted by Crippen LogP contribution is -2.38. The maximum Gasteiger partial charge on any atom is 0.253 e. The van der Waals surface area contributed by atoms with Gasteiger partial charge in [0, 0.05) is 35.8 Å². The molecule has 2 aromatic carbocycles. The first-order valence-corrected chi connectivity index (χ1v) is 12.1. The van der Waals surface area contributed by atoms with Gasteiger partial charge in [-0.25, -0.2) is 0 Å². The summed E-state index contributed by atoms with van der Waals surface area (Å²) in [6, 6.07) is 12.1. The first kappa shape index (κ1) is 25.3. The van der Waals surface area contributed by atoms with Gasteiger partial charge in [-0.1, -0.05) is 36.2 Å². The molecular formula is C24H27Cl2N3O3S. The number of hydrogen-bond donors (Lipinski definition) is 2. The second-order valence-electron chi connectivity index (χ2n) is 8.08. The van der Waals surface area contributed by atoms with E-state index in [1.165, 1.54) is 0 Å². The highest BCUT2D eigenvalue weighted by molar-refractivity contribution is 7.80. The van der Waals surface area contributed by atoms with Crippen LogP contribution in [0, 0.1) is 5.92 Å². The molecule has 1 heterocycles. The fourth-order valence-electron chi connectivity index (χ4n) is 3.48. The quantitative estimate of drug-likeness (QED) is 0.380. The third-order valence-corrected chi connectivity index (χ3v) is 6.13. The molecule has 2 aromatic rings. The topological polar surface area (TPSA) is 70.7 Å². The summed E-state index contributed by atoms with van der Waals surface area (Å²) < 4.78 is 5.58. The van der Waals surface area contributed by atoms with Crippen molar-refractivity contribution in [3.05, 3.63) is 58.1 Å². The molecule has 0 bridgehead atoms. The van der Waals surface area contributed by atoms with Crippen molar-refractivity contribution in [1.82, 2.24) is 10.2 Å². The molecule has 3 rings (SSSR count). The number of thiocarbonyl (C=S) groups is 1. The zero-order chi connectivity index (χ0) is 23.8. The number of halogens is 2. The van der Waals surface area contributed by atoms with Crippen LogP contribution in [0.5, 0.6) is 5.75 Å². The molecule has 2 N–H and O–H groups in total. The van der Waals surface area contributed by atoms with Gasteiger partial charge in [-0.3, -0.25) is 9.59 Å². The number of benzene rings is 2. The van der Waals surface area contributed by atoms with Crippen LogP contribution >= 0.6 is 35.4 Å². The molecule has 1 saturated heterocycles. The van der Waals surface area contributed by atoms with E-state index in [-0.39, 0.29) is 23.3 Å². The average Bonchev–Trinajstić information content (AvgIpc) is 2.78. The average molecular weight is 508 g/mol. The van der Waals surface area contributed by atoms with Gasteiger partial charge in [-0.05, 0) is 73.8 Å². The first-order chi connectivity index (χ1) is 15.8. The molecule has 6 nitrogen and oxygen atoms in total. The zero-order valence-electron chi connectivity index (χ0n) is 18.4. The second kappa shape index (κ2) is 12.2. The minimum Gasteiger partial charge on any atom is -0.492 e. The predicted molar refractivity (Wildman–Crippen MR) is 136 cm³/mol. The lowest BCUT2D eigenvalue weighted by Gasteiger charge is -2.30. The highest BCUT2D eigenvalue weighted by atomic mass is 35.5. The summed E-state index contributed by atoms with van der Waals surface area (Å²) >= 11 is 17.2. The monoisotopic (exact) mass is 507 g/mol. The largest absolute Gasteiger partial charge is 0.492 e. The van der Waals surface area contributed by atoms with E-state index < -0.39 is 0 Å². The first-order valence-electron chi connectivity index (χ1n) is 10.9. The number of nitrogens with one attached hydrogen (secondary N) is 2. The zero-order valence-corrected chi connectivity index (χ0v) is 20.7. The number of ether oxygens (including phenoxy) is 1. The predicted octanol–water partition coefficient (Wildman–Crippen LogP) is 5.54. The molecule has 0 aromatic heterocycles. The van der Waals surface area contributed by atoms with E-state index in [1.54, 1.807) is 42.5 Å². The van der Waals surface area contributed by atoms with E-state index >= 15 is 0 Å². The Kier molecular flexibility index (Phi) is 9.35. The maximum absolute atomic E-state index is 12.8. The van der Waals surface area contributed by atoms with E-state index in [4.69, 9.17) is 40.2 Å². The van der Waals surface area contributed by atoms with Gasteiger partial charge in [0.2, 0.25) is 5.91 Å². The third-order valence-electron chi connectivity index (χ3n) is 5.39. The molecule has 0 atom stereocenters. The molecule has 0 aliphatic carbocycles. The molecule has 1 aliphatic heterocycles. The maximum atomic E-state index is 12.8. The van der Waals surface area contributed by atoms with E-state index in [1.807, 2.05) is 4.90 Å². The van der Waals surface area contributed by atoms with Crippen molar-refractivity contribution in [3.8, 4) is 5.75 Å². The number of amides is 2. The fraction of sp³-hybridized carbons (Fsp3) is 0.375. The summed E-state index contributed by atoms with van der Waals surface area (Å²) in [5, 5.41) is 6.76. The van der Waals surface area contributed by atoms with Gasteiger partial charge in [0.25, 0.3) is 5.91 Å². The Labute approximate surface area is 209 Å². The summed E-state index contributed by atoms with van der Waals surface area (Å²) in [5.74, 6) is 0.964. The molecule has 0 radical (unpaired) electrons. The Bertz CT molecular complexity index is 1010. The smallest absolute Gasteiger partial charge is 0.253 e. The van der Waals surface area contributed by atoms with Crippen molar-refractivity contribution in [2.45, 2.75) is 32.6 Å². The number of likely N-dealkylation sites (tertiary alicyclic amines) is 1. The van der Waals surface area contributed by atoms with Crippen LogP contribution in [0.1, 0.15) is 43.0 Å². The Morgan fingerprint density at radius 2 is 1.91 bits per heavy atom. The van der Waals surface area contributed by atoms with Crippen LogP contribution in [-0.4, -0.2) is 41.5 Å². The second-order valence-corrected chi connectivity index (χ2v) is 9.34. The molecule has 0 unspecified atom stereocenters. The highest BCUT2D eigenvalue weighted by Crippen LogP contribution is 2.27. The Morgan fingerprint density at radius 3 is 2.64 bits per heavy atom. The Hall–Kier alpha value is -2.35. The van der Waals surface area contributed by atoms with Gasteiger partial charge < -0.3 is 20.3 Å². The molecule has 176 valence electrons. The van der Waals surface area contributed by atoms with Gasteiger partial charge in [-0.15, -0.1) is 0 Å². The number of hydrogen-bond acceptors (Lipinski definition) is 4. The molecule has 0 saturated carbocycles. The SMILES string of the molecule is CC1CCN(C(=O)c2cccc(NC(=S)NC(=O)CCCOc3ccc(Cl)cc3Cl)c2)CC1. The van der Waals surface area contributed by atoms with Gasteiger partial charge in [0.05, 0.1) is 11.6 Å². The van der Waals surface area contributed by atoms with Crippen molar-refractivity contribution in [1.29, 1.82) is 0 Å². The number of carbonyl (C=O) groups excluding carboxylic acids is 2. The van der Waals surface area contributed by atoms with Crippen LogP contribution in [0.4, 0.5) is 5.69 Å². The molecule has 33 heavy (non-hydrogen) atoms. The number of rotatable bonds is 7. The normalized spacial score (nSPS) is 14.0. The number of anilines is 1. The number of nitrogens with zero attached hydrogens (tertiary/aromatic N) is 1. The third kappa shape index (κ3) is 7.88. The summed E-state index contributed by atoms with van der Waals surface area (Å²) in [5.41, 5.74) is 1.25. The van der Waals surface area contributed by atoms with Crippen molar-refractivity contribution >= 4 is 58.0 Å². The van der Waals surface area contributed by atoms with E-state index in [0.717, 1.165) is 25.9 Å². The van der Waals surface area contributed by atoms with Gasteiger partial charge in [0.1, 0.15) is 5.75 Å². The lowest BCUT2D eigenvalue weighted by atomic mass is 9.98. The lowest BCUT2D eigenvalue weighted by molar-refractivity contribution is -0.119. The minimum atomic E-state index is -0.229. The van der Waals surface area contributed by atoms with Gasteiger partial charge in [-0.2, -0.15) is 0 Å². The standard InChI is InChI=1S/C24H27Cl2N3O3S/c1-16-9-11-29(12-10-16)23(31)17-4-2-5-19(14-17)27-24(33)28-22(30)6-3-13-32-21-8-7-18(25)15-20(21)26/h2,4-5,7-8,14-16H,3,6,9-13H2,1H3,(H2,27,28,30,33). The van der Waals surface area contributed by atoms with Crippen LogP contribution in [0.15, 0.2) is 42.5 Å². The molecule has 1 aliphatic rings. The van der Waals surface area contributed by atoms with Crippen LogP contribution in [0.25, 0.3) is 0 Å². The van der Waals surface area contributed by atoms with Crippen LogP contribution < -0.4 is 15.4 Å². The molecule has 9 heteroatoms. The molecule has 2 amide bonds. The fourth-order valence-corrected chi connectivity index (χ4v) is 4.18. The van der Waals surface area contributed by atoms with Crippen molar-refractivity contribution in [3.63, 3.8) is 0 Å². The molecular weight excluding hydrogens is 481 g/mol. The van der Waals surface area contributed by atoms with E-state index in [9.17, 15) is 9.59 Å². The van der Waals surface area contributed by atoms with Gasteiger partial charge in [0.15, 0.2) is 5.11 Å². The summed E-state index contributed by atoms with van der Waals surface area (Å²) in [7, 11) is 0. The van der Waals surface area contributed by atoms with Crippen molar-refractivity contribution in [2.24, 2.45) is 5.92 Å². The summed E-state index contributed by atoms with van der Waals surface area (Å²) in [4.78, 5) is 26.8. The van der Waals surface area contributed by atoms with Gasteiger partial charge >= 0.3 is 0 Å². The highest BCUT2D eigenvalue weighted by Gasteiger charge is 2.21. The number of carbonyl (C=O) groups is 2. The van der Waals surface area contributed by atoms with E-state index in [2.05, 4.69) is 17.6 Å². The summed E-state index contributed by atoms with van der Waals surface area (Å²) in [6.07, 6.45) is 2.78. The van der Waals surface area contributed by atoms with Crippen LogP contribution in [0.3, 0.4) is 0 Å². The van der Waals surface area contributed by atoms with Crippen molar-refractivity contribution in [2.75, 3.05) is 25.0 Å². The Morgan fingerprint density at radius 1 is 1.15 bits per heavy atom. The summed E-state index contributed by atoms with van der Waals surface area (Å²) in [6.45, 7) is 4.10. The molecule has 1 fully saturated rings. The number of piperidine rings is 1. The molecule has 0 spiro atoms. The minimum absolute atomic E-state index is 0.0151. The van der Waals surface area contributed by atoms with E-state index in [0.29, 0.717) is 46.0 Å². The Balaban J connectivity index is 1.42.